The predicted molar refractivity (Wildman–Crippen MR) is 73.1 cm³/mol. The van der Waals surface area contributed by atoms with E-state index in [0.717, 1.165) is 49.7 Å². The lowest BCUT2D eigenvalue weighted by Gasteiger charge is -2.37. The summed E-state index contributed by atoms with van der Waals surface area (Å²) in [5, 5.41) is 3.22. The highest BCUT2D eigenvalue weighted by molar-refractivity contribution is 5.21. The van der Waals surface area contributed by atoms with Crippen LogP contribution in [0, 0.1) is 0 Å². The van der Waals surface area contributed by atoms with Crippen molar-refractivity contribution in [1.82, 2.24) is 25.1 Å². The van der Waals surface area contributed by atoms with Crippen molar-refractivity contribution in [3.05, 3.63) is 27.4 Å². The molecule has 0 saturated carbocycles. The molecule has 1 fully saturated rings. The Hall–Kier alpha value is -1.24. The molecule has 1 aromatic rings. The van der Waals surface area contributed by atoms with Gasteiger partial charge in [-0.15, -0.1) is 0 Å². The van der Waals surface area contributed by atoms with Gasteiger partial charge >= 0.3 is 0 Å². The first-order chi connectivity index (χ1) is 9.15. The Morgan fingerprint density at radius 1 is 1.32 bits per heavy atom. The normalized spacial score (nSPS) is 25.3. The molecule has 0 spiro atoms. The summed E-state index contributed by atoms with van der Waals surface area (Å²) in [6.07, 6.45) is 0.846. The maximum absolute atomic E-state index is 12.1. The second kappa shape index (κ2) is 5.03. The van der Waals surface area contributed by atoms with Crippen LogP contribution in [0.1, 0.15) is 23.1 Å². The Morgan fingerprint density at radius 3 is 3.00 bits per heavy atom. The van der Waals surface area contributed by atoms with Crippen molar-refractivity contribution < 1.29 is 0 Å². The van der Waals surface area contributed by atoms with E-state index >= 15 is 0 Å². The van der Waals surface area contributed by atoms with Gasteiger partial charge in [-0.3, -0.25) is 9.69 Å². The van der Waals surface area contributed by atoms with Crippen molar-refractivity contribution in [3.63, 3.8) is 0 Å². The van der Waals surface area contributed by atoms with Crippen LogP contribution in [0.5, 0.6) is 0 Å². The molecule has 19 heavy (non-hydrogen) atoms. The molecule has 0 aliphatic carbocycles. The van der Waals surface area contributed by atoms with Crippen LogP contribution in [0.15, 0.2) is 4.79 Å². The Labute approximate surface area is 112 Å². The molecule has 3 heterocycles. The van der Waals surface area contributed by atoms with Crippen LogP contribution in [0.2, 0.25) is 0 Å². The number of nitrogens with zero attached hydrogens (tertiary/aromatic N) is 3. The second-order valence-electron chi connectivity index (χ2n) is 5.56. The van der Waals surface area contributed by atoms with E-state index in [2.05, 4.69) is 34.2 Å². The molecule has 2 aliphatic rings. The summed E-state index contributed by atoms with van der Waals surface area (Å²) in [6.45, 7) is 4.52. The zero-order valence-electron chi connectivity index (χ0n) is 11.6. The maximum Gasteiger partial charge on any atom is 0.255 e. The number of hydrogen-bond acceptors (Lipinski definition) is 5. The Balaban J connectivity index is 1.96. The summed E-state index contributed by atoms with van der Waals surface area (Å²) in [5.41, 5.74) is 1.80. The molecule has 0 bridgehead atoms. The number of hydrogen-bond donors (Lipinski definition) is 2. The fraction of sp³-hybridized carbons (Fsp3) is 0.692. The maximum atomic E-state index is 12.1. The third-order valence-electron chi connectivity index (χ3n) is 4.13. The molecule has 2 aliphatic heterocycles. The van der Waals surface area contributed by atoms with Crippen LogP contribution in [-0.4, -0.2) is 60.0 Å². The SMILES string of the molecule is CN1CCN(C)C(c2nc3c(c(=O)[nH]2)CNCC3)C1. The summed E-state index contributed by atoms with van der Waals surface area (Å²) >= 11 is 0. The Bertz CT molecular complexity index is 526. The van der Waals surface area contributed by atoms with Gasteiger partial charge in [0, 0.05) is 39.1 Å². The third-order valence-corrected chi connectivity index (χ3v) is 4.13. The van der Waals surface area contributed by atoms with Gasteiger partial charge in [0.1, 0.15) is 5.82 Å². The number of aromatic amines is 1. The summed E-state index contributed by atoms with van der Waals surface area (Å²) in [5.74, 6) is 0.819. The van der Waals surface area contributed by atoms with Crippen LogP contribution >= 0.6 is 0 Å². The van der Waals surface area contributed by atoms with E-state index in [1.165, 1.54) is 0 Å². The van der Waals surface area contributed by atoms with E-state index in [9.17, 15) is 4.79 Å². The van der Waals surface area contributed by atoms with Gasteiger partial charge in [-0.1, -0.05) is 0 Å². The molecule has 6 nitrogen and oxygen atoms in total. The minimum Gasteiger partial charge on any atom is -0.312 e. The van der Waals surface area contributed by atoms with Crippen molar-refractivity contribution in [3.8, 4) is 0 Å². The van der Waals surface area contributed by atoms with E-state index in [0.29, 0.717) is 6.54 Å². The topological polar surface area (TPSA) is 64.3 Å². The van der Waals surface area contributed by atoms with Gasteiger partial charge in [-0.2, -0.15) is 0 Å². The molecule has 104 valence electrons. The van der Waals surface area contributed by atoms with E-state index in [1.807, 2.05) is 0 Å². The van der Waals surface area contributed by atoms with E-state index < -0.39 is 0 Å². The van der Waals surface area contributed by atoms with Gasteiger partial charge < -0.3 is 15.2 Å². The number of piperazine rings is 1. The molecule has 1 saturated heterocycles. The average Bonchev–Trinajstić information content (AvgIpc) is 2.41. The highest BCUT2D eigenvalue weighted by Gasteiger charge is 2.27. The van der Waals surface area contributed by atoms with Gasteiger partial charge in [0.15, 0.2) is 0 Å². The van der Waals surface area contributed by atoms with Crippen molar-refractivity contribution in [1.29, 1.82) is 0 Å². The molecule has 0 amide bonds. The standard InChI is InChI=1S/C13H21N5O/c1-17-5-6-18(2)11(8-17)12-15-10-3-4-14-7-9(10)13(19)16-12/h11,14H,3-8H2,1-2H3,(H,15,16,19). The van der Waals surface area contributed by atoms with Crippen LogP contribution < -0.4 is 10.9 Å². The molecular weight excluding hydrogens is 242 g/mol. The highest BCUT2D eigenvalue weighted by atomic mass is 16.1. The molecule has 1 atom stereocenters. The van der Waals surface area contributed by atoms with Gasteiger partial charge in [-0.25, -0.2) is 4.98 Å². The van der Waals surface area contributed by atoms with Crippen LogP contribution in [0.3, 0.4) is 0 Å². The molecule has 0 radical (unpaired) electrons. The number of likely N-dealkylation sites (N-methyl/N-ethyl adjacent to an activating group) is 2. The molecular formula is C13H21N5O. The predicted octanol–water partition coefficient (Wildman–Crippen LogP) is -0.666. The number of aromatic nitrogens is 2. The lowest BCUT2D eigenvalue weighted by atomic mass is 10.1. The lowest BCUT2D eigenvalue weighted by Crippen LogP contribution is -2.46. The first-order valence-corrected chi connectivity index (χ1v) is 6.86. The van der Waals surface area contributed by atoms with Gasteiger partial charge in [0.05, 0.1) is 17.3 Å². The minimum atomic E-state index is 0.0221. The summed E-state index contributed by atoms with van der Waals surface area (Å²) in [6, 6.07) is 0.187. The minimum absolute atomic E-state index is 0.0221. The lowest BCUT2D eigenvalue weighted by molar-refractivity contribution is 0.109. The van der Waals surface area contributed by atoms with Crippen molar-refractivity contribution in [2.45, 2.75) is 19.0 Å². The van der Waals surface area contributed by atoms with Crippen LogP contribution in [-0.2, 0) is 13.0 Å². The first kappa shape index (κ1) is 12.8. The first-order valence-electron chi connectivity index (χ1n) is 6.86. The van der Waals surface area contributed by atoms with E-state index in [-0.39, 0.29) is 11.6 Å². The van der Waals surface area contributed by atoms with Crippen molar-refractivity contribution in [2.24, 2.45) is 0 Å². The van der Waals surface area contributed by atoms with Crippen LogP contribution in [0.4, 0.5) is 0 Å². The molecule has 3 rings (SSSR count). The second-order valence-corrected chi connectivity index (χ2v) is 5.56. The summed E-state index contributed by atoms with van der Waals surface area (Å²) in [7, 11) is 4.21. The zero-order chi connectivity index (χ0) is 13.4. The van der Waals surface area contributed by atoms with E-state index in [4.69, 9.17) is 4.98 Å². The Morgan fingerprint density at radius 2 is 2.16 bits per heavy atom. The quantitative estimate of drug-likeness (QED) is 0.704. The molecule has 6 heteroatoms. The smallest absolute Gasteiger partial charge is 0.255 e. The number of rotatable bonds is 1. The van der Waals surface area contributed by atoms with Gasteiger partial charge in [-0.05, 0) is 14.1 Å². The molecule has 1 aromatic heterocycles. The molecule has 0 aromatic carbocycles. The summed E-state index contributed by atoms with van der Waals surface area (Å²) < 4.78 is 0. The molecule has 1 unspecified atom stereocenters. The fourth-order valence-corrected chi connectivity index (χ4v) is 2.84. The summed E-state index contributed by atoms with van der Waals surface area (Å²) in [4.78, 5) is 24.4. The average molecular weight is 263 g/mol. The third kappa shape index (κ3) is 2.43. The highest BCUT2D eigenvalue weighted by Crippen LogP contribution is 2.20. The zero-order valence-corrected chi connectivity index (χ0v) is 11.6. The van der Waals surface area contributed by atoms with Crippen molar-refractivity contribution in [2.75, 3.05) is 40.3 Å². The molecule has 2 N–H and O–H groups in total. The Kier molecular flexibility index (Phi) is 3.38. The fourth-order valence-electron chi connectivity index (χ4n) is 2.84. The van der Waals surface area contributed by atoms with Gasteiger partial charge in [0.25, 0.3) is 5.56 Å². The van der Waals surface area contributed by atoms with Gasteiger partial charge in [0.2, 0.25) is 0 Å². The number of H-pyrrole nitrogens is 1. The number of nitrogens with one attached hydrogen (secondary N) is 2. The van der Waals surface area contributed by atoms with Crippen molar-refractivity contribution >= 4 is 0 Å². The van der Waals surface area contributed by atoms with E-state index in [1.54, 1.807) is 0 Å². The largest absolute Gasteiger partial charge is 0.312 e. The number of fused-ring (bicyclic) bond motifs is 1. The monoisotopic (exact) mass is 263 g/mol. The van der Waals surface area contributed by atoms with Crippen LogP contribution in [0.25, 0.3) is 0 Å².